The third-order valence-electron chi connectivity index (χ3n) is 6.67. The van der Waals surface area contributed by atoms with Crippen LogP contribution in [-0.4, -0.2) is 27.8 Å². The summed E-state index contributed by atoms with van der Waals surface area (Å²) in [6.45, 7) is 4.11. The Morgan fingerprint density at radius 2 is 1.86 bits per heavy atom. The number of nitrogens with one attached hydrogen (secondary N) is 2. The highest BCUT2D eigenvalue weighted by Crippen LogP contribution is 2.49. The molecule has 1 aliphatic heterocycles. The minimum Gasteiger partial charge on any atom is -0.496 e. The molecule has 1 aromatic heterocycles. The van der Waals surface area contributed by atoms with E-state index in [0.717, 1.165) is 16.8 Å². The number of thioether (sulfide) groups is 1. The highest BCUT2D eigenvalue weighted by molar-refractivity contribution is 7.98. The molecule has 9 nitrogen and oxygen atoms in total. The maximum absolute atomic E-state index is 13.5. The summed E-state index contributed by atoms with van der Waals surface area (Å²) in [6.07, 6.45) is 1.04. The average molecular weight is 519 g/mol. The number of nitrogens with zero attached hydrogens (tertiary/aromatic N) is 2. The van der Waals surface area contributed by atoms with Gasteiger partial charge in [0.25, 0.3) is 11.2 Å². The number of fused-ring (bicyclic) bond motifs is 1. The number of allylic oxidation sites excluding steroid dienone is 2. The molecule has 0 fully saturated rings. The minimum atomic E-state index is -0.601. The van der Waals surface area contributed by atoms with E-state index in [1.807, 2.05) is 24.3 Å². The van der Waals surface area contributed by atoms with Crippen molar-refractivity contribution in [2.75, 3.05) is 12.4 Å². The van der Waals surface area contributed by atoms with E-state index in [1.54, 1.807) is 19.2 Å². The highest BCUT2D eigenvalue weighted by atomic mass is 32.2. The van der Waals surface area contributed by atoms with Gasteiger partial charge in [0.05, 0.1) is 23.5 Å². The number of carbonyl (C=O) groups excluding carboxylic acids is 1. The van der Waals surface area contributed by atoms with Crippen LogP contribution in [-0.2, 0) is 10.5 Å². The summed E-state index contributed by atoms with van der Waals surface area (Å²) in [5.74, 6) is 0.901. The third kappa shape index (κ3) is 4.76. The molecule has 0 radical (unpaired) electrons. The fraction of sp³-hybridized carbons (Fsp3) is 0.296. The number of anilines is 1. The van der Waals surface area contributed by atoms with E-state index in [-0.39, 0.29) is 22.4 Å². The van der Waals surface area contributed by atoms with Crippen molar-refractivity contribution in [1.29, 1.82) is 0 Å². The zero-order valence-electron chi connectivity index (χ0n) is 20.7. The highest BCUT2D eigenvalue weighted by Gasteiger charge is 2.43. The van der Waals surface area contributed by atoms with Crippen LogP contribution in [0.1, 0.15) is 49.3 Å². The molecule has 2 N–H and O–H groups in total. The number of methoxy groups -OCH3 is 1. The Labute approximate surface area is 217 Å². The number of ether oxygens (including phenoxy) is 1. The lowest BCUT2D eigenvalue weighted by molar-refractivity contribution is -0.384. The smallest absolute Gasteiger partial charge is 0.269 e. The van der Waals surface area contributed by atoms with E-state index >= 15 is 0 Å². The van der Waals surface area contributed by atoms with Crippen molar-refractivity contribution in [3.8, 4) is 5.75 Å². The second-order valence-electron chi connectivity index (χ2n) is 9.98. The minimum absolute atomic E-state index is 0.0105. The number of nitro groups is 1. The van der Waals surface area contributed by atoms with Crippen molar-refractivity contribution in [3.63, 3.8) is 0 Å². The molecule has 1 atom stereocenters. The van der Waals surface area contributed by atoms with Crippen LogP contribution >= 0.6 is 11.8 Å². The first-order chi connectivity index (χ1) is 17.7. The van der Waals surface area contributed by atoms with Crippen LogP contribution in [0.2, 0.25) is 0 Å². The molecule has 2 aromatic carbocycles. The van der Waals surface area contributed by atoms with Crippen LogP contribution in [0.5, 0.6) is 5.75 Å². The van der Waals surface area contributed by atoms with Crippen molar-refractivity contribution in [2.45, 2.75) is 43.5 Å². The average Bonchev–Trinajstić information content (AvgIpc) is 2.85. The number of nitro benzene ring substituents is 1. The van der Waals surface area contributed by atoms with Gasteiger partial charge >= 0.3 is 0 Å². The van der Waals surface area contributed by atoms with Crippen molar-refractivity contribution < 1.29 is 14.5 Å². The Morgan fingerprint density at radius 3 is 2.57 bits per heavy atom. The Bertz CT molecular complexity index is 1490. The number of Topliss-reactive ketones (excluding diaryl/α,β-unsaturated/α-hetero) is 1. The first kappa shape index (κ1) is 24.8. The van der Waals surface area contributed by atoms with Gasteiger partial charge in [0.15, 0.2) is 10.9 Å². The van der Waals surface area contributed by atoms with Crippen LogP contribution in [0.4, 0.5) is 11.5 Å². The summed E-state index contributed by atoms with van der Waals surface area (Å²) in [7, 11) is 1.57. The molecule has 5 rings (SSSR count). The fourth-order valence-electron chi connectivity index (χ4n) is 5.04. The molecule has 0 saturated carbocycles. The number of rotatable bonds is 6. The molecular formula is C27H26N4O5S. The van der Waals surface area contributed by atoms with E-state index < -0.39 is 10.8 Å². The number of carbonyl (C=O) groups is 1. The fourth-order valence-corrected chi connectivity index (χ4v) is 5.86. The van der Waals surface area contributed by atoms with Gasteiger partial charge in [-0.25, -0.2) is 4.98 Å². The summed E-state index contributed by atoms with van der Waals surface area (Å²) < 4.78 is 5.61. The van der Waals surface area contributed by atoms with Crippen LogP contribution < -0.4 is 15.6 Å². The number of hydrogen-bond acceptors (Lipinski definition) is 8. The van der Waals surface area contributed by atoms with Crippen LogP contribution in [0.15, 0.2) is 69.8 Å². The number of ketones is 1. The Hall–Kier alpha value is -3.92. The second-order valence-corrected chi connectivity index (χ2v) is 10.9. The summed E-state index contributed by atoms with van der Waals surface area (Å²) in [5, 5.41) is 14.6. The molecule has 1 aliphatic carbocycles. The molecule has 0 bridgehead atoms. The first-order valence-electron chi connectivity index (χ1n) is 11.8. The molecule has 0 saturated heterocycles. The van der Waals surface area contributed by atoms with Gasteiger partial charge in [0, 0.05) is 41.1 Å². The van der Waals surface area contributed by atoms with Gasteiger partial charge in [-0.05, 0) is 23.5 Å². The predicted molar refractivity (Wildman–Crippen MR) is 141 cm³/mol. The molecule has 2 aliphatic rings. The molecule has 37 heavy (non-hydrogen) atoms. The summed E-state index contributed by atoms with van der Waals surface area (Å²) in [5.41, 5.74) is 2.84. The number of aromatic nitrogens is 2. The molecule has 1 unspecified atom stereocenters. The zero-order chi connectivity index (χ0) is 26.3. The van der Waals surface area contributed by atoms with Gasteiger partial charge in [-0.2, -0.15) is 0 Å². The van der Waals surface area contributed by atoms with Crippen molar-refractivity contribution in [2.24, 2.45) is 5.41 Å². The second kappa shape index (κ2) is 9.51. The lowest BCUT2D eigenvalue weighted by Gasteiger charge is -2.38. The summed E-state index contributed by atoms with van der Waals surface area (Å²) in [6, 6.07) is 13.7. The lowest BCUT2D eigenvalue weighted by Crippen LogP contribution is -2.37. The SMILES string of the molecule is COc1ccccc1C1C2=C(CC(C)(C)CC2=O)Nc2nc(SCc3ccc([N+](=O)[O-])cc3)[nH]c(=O)c21. The number of non-ortho nitro benzene ring substituents is 1. The normalized spacial score (nSPS) is 18.0. The van der Waals surface area contributed by atoms with E-state index in [2.05, 4.69) is 24.1 Å². The standard InChI is InChI=1S/C27H26N4O5S/c1-27(2)12-18-22(19(32)13-27)21(17-6-4-5-7-20(17)36-3)23-24(28-18)29-26(30-25(23)33)37-14-15-8-10-16(11-9-15)31(34)35/h4-11,21H,12-14H2,1-3H3,(H2,28,29,30,33). The maximum atomic E-state index is 13.5. The number of para-hydroxylation sites is 1. The van der Waals surface area contributed by atoms with Crippen molar-refractivity contribution >= 4 is 29.1 Å². The zero-order valence-corrected chi connectivity index (χ0v) is 21.5. The number of aromatic amines is 1. The van der Waals surface area contributed by atoms with E-state index in [9.17, 15) is 19.7 Å². The van der Waals surface area contributed by atoms with E-state index in [1.165, 1.54) is 23.9 Å². The molecule has 10 heteroatoms. The van der Waals surface area contributed by atoms with E-state index in [0.29, 0.717) is 46.5 Å². The third-order valence-corrected chi connectivity index (χ3v) is 7.62. The number of hydrogen-bond donors (Lipinski definition) is 2. The number of H-pyrrole nitrogens is 1. The largest absolute Gasteiger partial charge is 0.496 e. The van der Waals surface area contributed by atoms with Gasteiger partial charge in [0.2, 0.25) is 0 Å². The van der Waals surface area contributed by atoms with Crippen molar-refractivity contribution in [1.82, 2.24) is 9.97 Å². The van der Waals surface area contributed by atoms with Gasteiger partial charge < -0.3 is 15.0 Å². The van der Waals surface area contributed by atoms with Crippen molar-refractivity contribution in [3.05, 3.63) is 97.0 Å². The summed E-state index contributed by atoms with van der Waals surface area (Å²) in [4.78, 5) is 45.0. The van der Waals surface area contributed by atoms with Gasteiger partial charge in [-0.15, -0.1) is 0 Å². The summed E-state index contributed by atoms with van der Waals surface area (Å²) >= 11 is 1.32. The van der Waals surface area contributed by atoms with Crippen LogP contribution in [0.3, 0.4) is 0 Å². The Kier molecular flexibility index (Phi) is 6.36. The molecule has 2 heterocycles. The topological polar surface area (TPSA) is 127 Å². The Morgan fingerprint density at radius 1 is 1.14 bits per heavy atom. The van der Waals surface area contributed by atoms with Gasteiger partial charge in [-0.3, -0.25) is 19.7 Å². The van der Waals surface area contributed by atoms with Crippen LogP contribution in [0, 0.1) is 15.5 Å². The predicted octanol–water partition coefficient (Wildman–Crippen LogP) is 5.18. The van der Waals surface area contributed by atoms with Gasteiger partial charge in [-0.1, -0.05) is 55.9 Å². The number of benzene rings is 2. The molecule has 190 valence electrons. The monoisotopic (exact) mass is 518 g/mol. The maximum Gasteiger partial charge on any atom is 0.269 e. The molecule has 3 aromatic rings. The molecule has 0 amide bonds. The van der Waals surface area contributed by atoms with E-state index in [4.69, 9.17) is 9.72 Å². The quantitative estimate of drug-likeness (QED) is 0.198. The molecular weight excluding hydrogens is 492 g/mol. The molecule has 0 spiro atoms. The van der Waals surface area contributed by atoms with Crippen LogP contribution in [0.25, 0.3) is 0 Å². The lowest BCUT2D eigenvalue weighted by atomic mass is 9.69. The first-order valence-corrected chi connectivity index (χ1v) is 12.8. The van der Waals surface area contributed by atoms with Gasteiger partial charge in [0.1, 0.15) is 11.6 Å². The Balaban J connectivity index is 1.55.